The number of nitrogens with two attached hydrogens (primary N) is 1. The van der Waals surface area contributed by atoms with Crippen LogP contribution in [0.15, 0.2) is 4.99 Å². The van der Waals surface area contributed by atoms with E-state index in [9.17, 15) is 0 Å². The maximum absolute atomic E-state index is 5.81. The van der Waals surface area contributed by atoms with Gasteiger partial charge in [-0.15, -0.1) is 35.3 Å². The van der Waals surface area contributed by atoms with E-state index in [2.05, 4.69) is 49.9 Å². The van der Waals surface area contributed by atoms with Crippen LogP contribution in [0.25, 0.3) is 0 Å². The van der Waals surface area contributed by atoms with Crippen LogP contribution in [0.5, 0.6) is 0 Å². The molecule has 3 N–H and O–H groups in total. The molecule has 0 aliphatic heterocycles. The molecule has 0 fully saturated rings. The fraction of sp³-hybridized carbons (Fsp3) is 0.692. The number of hydrogen-bond acceptors (Lipinski definition) is 3. The molecular weight excluding hydrogens is 371 g/mol. The summed E-state index contributed by atoms with van der Waals surface area (Å²) in [5.74, 6) is 0.506. The van der Waals surface area contributed by atoms with E-state index in [0.29, 0.717) is 12.5 Å². The SMILES string of the molecule is CCc1nc(CCN=C(N)NC(C)(C)C)sc1C.I. The van der Waals surface area contributed by atoms with Gasteiger partial charge in [0.2, 0.25) is 0 Å². The second-order valence-electron chi connectivity index (χ2n) is 5.36. The molecule has 4 nitrogen and oxygen atoms in total. The van der Waals surface area contributed by atoms with Crippen molar-refractivity contribution in [2.24, 2.45) is 10.7 Å². The molecule has 0 saturated carbocycles. The number of rotatable bonds is 4. The second kappa shape index (κ2) is 8.04. The summed E-state index contributed by atoms with van der Waals surface area (Å²) in [5, 5.41) is 4.29. The number of aliphatic imine (C=N–C) groups is 1. The van der Waals surface area contributed by atoms with Crippen LogP contribution in [0, 0.1) is 6.92 Å². The molecule has 0 aromatic carbocycles. The highest BCUT2D eigenvalue weighted by Crippen LogP contribution is 2.18. The molecule has 0 aliphatic carbocycles. The van der Waals surface area contributed by atoms with Crippen molar-refractivity contribution in [1.82, 2.24) is 10.3 Å². The third-order valence-corrected chi connectivity index (χ3v) is 3.46. The largest absolute Gasteiger partial charge is 0.370 e. The molecular formula is C13H25IN4S. The van der Waals surface area contributed by atoms with E-state index >= 15 is 0 Å². The zero-order valence-corrected chi connectivity index (χ0v) is 15.6. The van der Waals surface area contributed by atoms with Crippen LogP contribution in [0.3, 0.4) is 0 Å². The fourth-order valence-electron chi connectivity index (χ4n) is 1.62. The summed E-state index contributed by atoms with van der Waals surface area (Å²) in [4.78, 5) is 10.2. The number of aryl methyl sites for hydroxylation is 2. The summed E-state index contributed by atoms with van der Waals surface area (Å²) in [6.07, 6.45) is 1.86. The van der Waals surface area contributed by atoms with Crippen LogP contribution in [0.1, 0.15) is 43.3 Å². The third kappa shape index (κ3) is 7.10. The molecule has 1 aromatic rings. The summed E-state index contributed by atoms with van der Waals surface area (Å²) in [7, 11) is 0. The number of thiazole rings is 1. The van der Waals surface area contributed by atoms with E-state index in [0.717, 1.165) is 17.8 Å². The number of guanidine groups is 1. The van der Waals surface area contributed by atoms with Crippen molar-refractivity contribution < 1.29 is 0 Å². The molecule has 0 spiro atoms. The van der Waals surface area contributed by atoms with Gasteiger partial charge in [-0.3, -0.25) is 4.99 Å². The Labute approximate surface area is 137 Å². The first-order chi connectivity index (χ1) is 8.31. The standard InChI is InChI=1S/C13H24N4S.HI/c1-6-10-9(2)18-11(16-10)7-8-15-12(14)17-13(3,4)5;/h6-8H2,1-5H3,(H3,14,15,17);1H. The first kappa shape index (κ1) is 18.6. The second-order valence-corrected chi connectivity index (χ2v) is 6.64. The normalized spacial score (nSPS) is 12.2. The van der Waals surface area contributed by atoms with Gasteiger partial charge in [-0.2, -0.15) is 0 Å². The van der Waals surface area contributed by atoms with Crippen molar-refractivity contribution in [3.05, 3.63) is 15.6 Å². The van der Waals surface area contributed by atoms with Gasteiger partial charge >= 0.3 is 0 Å². The molecule has 0 saturated heterocycles. The molecule has 19 heavy (non-hydrogen) atoms. The van der Waals surface area contributed by atoms with Gasteiger partial charge in [-0.25, -0.2) is 4.98 Å². The molecule has 0 bridgehead atoms. The Bertz CT molecular complexity index is 421. The van der Waals surface area contributed by atoms with E-state index in [1.807, 2.05) is 0 Å². The van der Waals surface area contributed by atoms with E-state index in [4.69, 9.17) is 5.73 Å². The molecule has 0 aliphatic rings. The van der Waals surface area contributed by atoms with E-state index in [1.54, 1.807) is 11.3 Å². The summed E-state index contributed by atoms with van der Waals surface area (Å²) in [6.45, 7) is 11.1. The van der Waals surface area contributed by atoms with Crippen molar-refractivity contribution in [3.63, 3.8) is 0 Å². The lowest BCUT2D eigenvalue weighted by molar-refractivity contribution is 0.508. The Balaban J connectivity index is 0.00000324. The molecule has 0 radical (unpaired) electrons. The number of nitrogens with zero attached hydrogens (tertiary/aromatic N) is 2. The minimum atomic E-state index is -0.0409. The Morgan fingerprint density at radius 3 is 2.53 bits per heavy atom. The van der Waals surface area contributed by atoms with Crippen LogP contribution in [-0.2, 0) is 12.8 Å². The molecule has 6 heteroatoms. The molecule has 0 atom stereocenters. The van der Waals surface area contributed by atoms with Crippen molar-refractivity contribution >= 4 is 41.3 Å². The van der Waals surface area contributed by atoms with Gasteiger partial charge in [0.05, 0.1) is 10.7 Å². The average Bonchev–Trinajstić information content (AvgIpc) is 2.56. The first-order valence-corrected chi connectivity index (χ1v) is 7.16. The van der Waals surface area contributed by atoms with Gasteiger partial charge in [0.1, 0.15) is 0 Å². The average molecular weight is 396 g/mol. The molecule has 110 valence electrons. The fourth-order valence-corrected chi connectivity index (χ4v) is 2.63. The predicted molar refractivity (Wildman–Crippen MR) is 94.7 cm³/mol. The molecule has 0 unspecified atom stereocenters. The van der Waals surface area contributed by atoms with Crippen molar-refractivity contribution in [2.45, 2.75) is 53.0 Å². The van der Waals surface area contributed by atoms with Gasteiger partial charge in [-0.1, -0.05) is 6.92 Å². The van der Waals surface area contributed by atoms with Crippen molar-refractivity contribution in [3.8, 4) is 0 Å². The molecule has 0 amide bonds. The van der Waals surface area contributed by atoms with Crippen molar-refractivity contribution in [1.29, 1.82) is 0 Å². The minimum absolute atomic E-state index is 0. The first-order valence-electron chi connectivity index (χ1n) is 6.35. The highest BCUT2D eigenvalue weighted by atomic mass is 127. The Hall–Kier alpha value is -0.370. The third-order valence-electron chi connectivity index (χ3n) is 2.38. The summed E-state index contributed by atoms with van der Waals surface area (Å²) in [5.41, 5.74) is 6.97. The Morgan fingerprint density at radius 2 is 2.05 bits per heavy atom. The van der Waals surface area contributed by atoms with E-state index in [1.165, 1.54) is 10.6 Å². The number of hydrogen-bond donors (Lipinski definition) is 2. The maximum atomic E-state index is 5.81. The van der Waals surface area contributed by atoms with Crippen LogP contribution < -0.4 is 11.1 Å². The summed E-state index contributed by atoms with van der Waals surface area (Å²) < 4.78 is 0. The maximum Gasteiger partial charge on any atom is 0.188 e. The zero-order valence-electron chi connectivity index (χ0n) is 12.4. The minimum Gasteiger partial charge on any atom is -0.370 e. The molecule has 1 heterocycles. The molecule has 1 rings (SSSR count). The van der Waals surface area contributed by atoms with Gasteiger partial charge in [0.25, 0.3) is 0 Å². The number of aromatic nitrogens is 1. The Morgan fingerprint density at radius 1 is 1.42 bits per heavy atom. The summed E-state index contributed by atoms with van der Waals surface area (Å²) >= 11 is 1.76. The van der Waals surface area contributed by atoms with Crippen LogP contribution >= 0.6 is 35.3 Å². The van der Waals surface area contributed by atoms with Gasteiger partial charge in [0.15, 0.2) is 5.96 Å². The van der Waals surface area contributed by atoms with Crippen LogP contribution in [-0.4, -0.2) is 23.0 Å². The number of halogens is 1. The lowest BCUT2D eigenvalue weighted by Crippen LogP contribution is -2.45. The smallest absolute Gasteiger partial charge is 0.188 e. The van der Waals surface area contributed by atoms with Gasteiger partial charge in [0, 0.05) is 23.4 Å². The lowest BCUT2D eigenvalue weighted by atomic mass is 10.1. The summed E-state index contributed by atoms with van der Waals surface area (Å²) in [6, 6.07) is 0. The monoisotopic (exact) mass is 396 g/mol. The van der Waals surface area contributed by atoms with Crippen LogP contribution in [0.2, 0.25) is 0 Å². The molecule has 1 aromatic heterocycles. The topological polar surface area (TPSA) is 63.3 Å². The highest BCUT2D eigenvalue weighted by Gasteiger charge is 2.10. The van der Waals surface area contributed by atoms with E-state index in [-0.39, 0.29) is 29.5 Å². The van der Waals surface area contributed by atoms with Gasteiger partial charge < -0.3 is 11.1 Å². The van der Waals surface area contributed by atoms with E-state index < -0.39 is 0 Å². The van der Waals surface area contributed by atoms with Crippen LogP contribution in [0.4, 0.5) is 0 Å². The number of nitrogens with one attached hydrogen (secondary N) is 1. The lowest BCUT2D eigenvalue weighted by Gasteiger charge is -2.20. The quantitative estimate of drug-likeness (QED) is 0.467. The zero-order chi connectivity index (χ0) is 13.8. The Kier molecular flexibility index (Phi) is 7.88. The van der Waals surface area contributed by atoms with Gasteiger partial charge in [-0.05, 0) is 34.1 Å². The predicted octanol–water partition coefficient (Wildman–Crippen LogP) is 2.88. The van der Waals surface area contributed by atoms with Crippen molar-refractivity contribution in [2.75, 3.05) is 6.54 Å². The highest BCUT2D eigenvalue weighted by molar-refractivity contribution is 14.0.